The van der Waals surface area contributed by atoms with Crippen LogP contribution in [0.5, 0.6) is 5.75 Å². The number of furan rings is 1. The van der Waals surface area contributed by atoms with Crippen molar-refractivity contribution in [1.29, 1.82) is 0 Å². The lowest BCUT2D eigenvalue weighted by Crippen LogP contribution is -2.45. The summed E-state index contributed by atoms with van der Waals surface area (Å²) in [7, 11) is 1.65. The monoisotopic (exact) mass is 394 g/mol. The maximum Gasteiger partial charge on any atom is 0.287 e. The number of carbonyl (C=O) groups excluding carboxylic acids is 1. The van der Waals surface area contributed by atoms with Gasteiger partial charge in [0.15, 0.2) is 5.76 Å². The molecule has 4 rings (SSSR count). The molecule has 1 aliphatic rings. The fourth-order valence-corrected chi connectivity index (χ4v) is 3.77. The minimum absolute atomic E-state index is 0.0162. The first-order chi connectivity index (χ1) is 14.2. The quantitative estimate of drug-likeness (QED) is 0.693. The van der Waals surface area contributed by atoms with Gasteiger partial charge in [0.05, 0.1) is 20.3 Å². The normalized spacial score (nSPS) is 15.9. The average molecular weight is 394 g/mol. The minimum atomic E-state index is -0.201. The summed E-state index contributed by atoms with van der Waals surface area (Å²) < 4.78 is 16.9. The molecule has 2 heterocycles. The Hall–Kier alpha value is -2.83. The van der Waals surface area contributed by atoms with Crippen molar-refractivity contribution in [3.63, 3.8) is 0 Å². The molecule has 152 valence electrons. The lowest BCUT2D eigenvalue weighted by molar-refractivity contribution is 0.0341. The SMILES string of the molecule is COc1ccccc1-c1cccc2cc(C(=O)NC(C)CN3CCOCC3)oc12. The summed E-state index contributed by atoms with van der Waals surface area (Å²) in [5.74, 6) is 0.880. The molecule has 0 radical (unpaired) electrons. The Balaban J connectivity index is 1.55. The highest BCUT2D eigenvalue weighted by molar-refractivity contribution is 6.00. The summed E-state index contributed by atoms with van der Waals surface area (Å²) in [6.45, 7) is 6.09. The molecule has 6 nitrogen and oxygen atoms in total. The third-order valence-corrected chi connectivity index (χ3v) is 5.18. The third-order valence-electron chi connectivity index (χ3n) is 5.18. The number of nitrogens with one attached hydrogen (secondary N) is 1. The van der Waals surface area contributed by atoms with Crippen LogP contribution >= 0.6 is 0 Å². The molecule has 1 atom stereocenters. The molecule has 1 fully saturated rings. The lowest BCUT2D eigenvalue weighted by atomic mass is 10.0. The summed E-state index contributed by atoms with van der Waals surface area (Å²) in [5.41, 5.74) is 2.52. The molecule has 6 heteroatoms. The highest BCUT2D eigenvalue weighted by Gasteiger charge is 2.20. The highest BCUT2D eigenvalue weighted by Crippen LogP contribution is 2.36. The average Bonchev–Trinajstić information content (AvgIpc) is 3.19. The van der Waals surface area contributed by atoms with Crippen LogP contribution in [0.2, 0.25) is 0 Å². The molecule has 1 unspecified atom stereocenters. The van der Waals surface area contributed by atoms with Crippen molar-refractivity contribution >= 4 is 16.9 Å². The molecule has 0 saturated carbocycles. The zero-order valence-electron chi connectivity index (χ0n) is 16.8. The van der Waals surface area contributed by atoms with Crippen LogP contribution in [0.15, 0.2) is 52.9 Å². The van der Waals surface area contributed by atoms with Gasteiger partial charge >= 0.3 is 0 Å². The van der Waals surface area contributed by atoms with Gasteiger partial charge in [-0.3, -0.25) is 9.69 Å². The molecule has 1 aromatic heterocycles. The van der Waals surface area contributed by atoms with Gasteiger partial charge in [0, 0.05) is 42.2 Å². The van der Waals surface area contributed by atoms with Crippen LogP contribution < -0.4 is 10.1 Å². The second-order valence-corrected chi connectivity index (χ2v) is 7.32. The number of amides is 1. The second kappa shape index (κ2) is 8.68. The molecule has 0 bridgehead atoms. The lowest BCUT2D eigenvalue weighted by Gasteiger charge is -2.29. The van der Waals surface area contributed by atoms with Crippen molar-refractivity contribution in [2.75, 3.05) is 40.0 Å². The molecule has 2 aromatic carbocycles. The van der Waals surface area contributed by atoms with Crippen molar-refractivity contribution in [2.45, 2.75) is 13.0 Å². The largest absolute Gasteiger partial charge is 0.496 e. The Kier molecular flexibility index (Phi) is 5.83. The minimum Gasteiger partial charge on any atom is -0.496 e. The maximum atomic E-state index is 12.8. The van der Waals surface area contributed by atoms with E-state index in [0.29, 0.717) is 11.3 Å². The van der Waals surface area contributed by atoms with Crippen molar-refractivity contribution in [3.05, 3.63) is 54.3 Å². The van der Waals surface area contributed by atoms with Crippen LogP contribution in [0.4, 0.5) is 0 Å². The molecule has 0 aliphatic carbocycles. The Labute approximate surface area is 170 Å². The van der Waals surface area contributed by atoms with Gasteiger partial charge in [-0.2, -0.15) is 0 Å². The number of fused-ring (bicyclic) bond motifs is 1. The van der Waals surface area contributed by atoms with Gasteiger partial charge in [-0.1, -0.05) is 36.4 Å². The molecule has 3 aromatic rings. The van der Waals surface area contributed by atoms with Crippen LogP contribution in [0, 0.1) is 0 Å². The Bertz CT molecular complexity index is 991. The van der Waals surface area contributed by atoms with Gasteiger partial charge in [0.2, 0.25) is 0 Å². The highest BCUT2D eigenvalue weighted by atomic mass is 16.5. The van der Waals surface area contributed by atoms with Crippen LogP contribution in [-0.4, -0.2) is 56.8 Å². The van der Waals surface area contributed by atoms with Gasteiger partial charge in [-0.25, -0.2) is 0 Å². The zero-order valence-corrected chi connectivity index (χ0v) is 16.8. The van der Waals surface area contributed by atoms with Crippen molar-refractivity contribution in [3.8, 4) is 16.9 Å². The molecule has 1 saturated heterocycles. The van der Waals surface area contributed by atoms with Gasteiger partial charge in [-0.15, -0.1) is 0 Å². The number of para-hydroxylation sites is 2. The number of hydrogen-bond donors (Lipinski definition) is 1. The zero-order chi connectivity index (χ0) is 20.2. The van der Waals surface area contributed by atoms with E-state index in [2.05, 4.69) is 10.2 Å². The fourth-order valence-electron chi connectivity index (χ4n) is 3.77. The van der Waals surface area contributed by atoms with E-state index in [4.69, 9.17) is 13.9 Å². The van der Waals surface area contributed by atoms with Crippen LogP contribution in [0.3, 0.4) is 0 Å². The number of morpholine rings is 1. The first-order valence-electron chi connectivity index (χ1n) is 9.92. The van der Waals surface area contributed by atoms with Gasteiger partial charge in [0.1, 0.15) is 11.3 Å². The number of carbonyl (C=O) groups is 1. The summed E-state index contributed by atoms with van der Waals surface area (Å²) in [4.78, 5) is 15.1. The predicted octanol–water partition coefficient (Wildman–Crippen LogP) is 3.56. The third kappa shape index (κ3) is 4.28. The first kappa shape index (κ1) is 19.5. The van der Waals surface area contributed by atoms with E-state index < -0.39 is 0 Å². The number of rotatable bonds is 6. The summed E-state index contributed by atoms with van der Waals surface area (Å²) in [6.07, 6.45) is 0. The summed E-state index contributed by atoms with van der Waals surface area (Å²) >= 11 is 0. The van der Waals surface area contributed by atoms with E-state index in [-0.39, 0.29) is 11.9 Å². The van der Waals surface area contributed by atoms with Crippen molar-refractivity contribution in [1.82, 2.24) is 10.2 Å². The predicted molar refractivity (Wildman–Crippen MR) is 112 cm³/mol. The molecular formula is C23H26N2O4. The molecule has 0 spiro atoms. The van der Waals surface area contributed by atoms with E-state index in [1.165, 1.54) is 0 Å². The summed E-state index contributed by atoms with van der Waals surface area (Å²) in [5, 5.41) is 3.93. The molecule has 1 aliphatic heterocycles. The maximum absolute atomic E-state index is 12.8. The molecular weight excluding hydrogens is 368 g/mol. The van der Waals surface area contributed by atoms with E-state index in [1.807, 2.05) is 49.4 Å². The molecule has 1 N–H and O–H groups in total. The smallest absolute Gasteiger partial charge is 0.287 e. The van der Waals surface area contributed by atoms with Crippen molar-refractivity contribution in [2.24, 2.45) is 0 Å². The number of benzene rings is 2. The number of methoxy groups -OCH3 is 1. The number of hydrogen-bond acceptors (Lipinski definition) is 5. The van der Waals surface area contributed by atoms with Gasteiger partial charge < -0.3 is 19.2 Å². The fraction of sp³-hybridized carbons (Fsp3) is 0.348. The second-order valence-electron chi connectivity index (χ2n) is 7.32. The number of nitrogens with zero attached hydrogens (tertiary/aromatic N) is 1. The molecule has 29 heavy (non-hydrogen) atoms. The van der Waals surface area contributed by atoms with Gasteiger partial charge in [0.25, 0.3) is 5.91 Å². The van der Waals surface area contributed by atoms with E-state index >= 15 is 0 Å². The Morgan fingerprint density at radius 3 is 2.69 bits per heavy atom. The van der Waals surface area contributed by atoms with Gasteiger partial charge in [-0.05, 0) is 19.1 Å². The Morgan fingerprint density at radius 1 is 1.14 bits per heavy atom. The van der Waals surface area contributed by atoms with Crippen LogP contribution in [0.1, 0.15) is 17.5 Å². The van der Waals surface area contributed by atoms with Crippen LogP contribution in [0.25, 0.3) is 22.1 Å². The summed E-state index contributed by atoms with van der Waals surface area (Å²) in [6, 6.07) is 15.5. The first-order valence-corrected chi connectivity index (χ1v) is 9.92. The standard InChI is InChI=1S/C23H26N2O4/c1-16(15-25-10-12-28-13-11-25)24-23(26)21-14-17-6-5-8-19(22(17)29-21)18-7-3-4-9-20(18)27-2/h3-9,14,16H,10-13,15H2,1-2H3,(H,24,26). The van der Waals surface area contributed by atoms with E-state index in [9.17, 15) is 4.79 Å². The molecule has 1 amide bonds. The van der Waals surface area contributed by atoms with Crippen LogP contribution in [-0.2, 0) is 4.74 Å². The topological polar surface area (TPSA) is 63.9 Å². The number of ether oxygens (including phenoxy) is 2. The van der Waals surface area contributed by atoms with E-state index in [0.717, 1.165) is 55.1 Å². The Morgan fingerprint density at radius 2 is 1.90 bits per heavy atom. The van der Waals surface area contributed by atoms with E-state index in [1.54, 1.807) is 13.2 Å². The van der Waals surface area contributed by atoms with Crippen molar-refractivity contribution < 1.29 is 18.7 Å².